The number of hydrogen-bond acceptors (Lipinski definition) is 1. The molecule has 0 saturated heterocycles. The van der Waals surface area contributed by atoms with Gasteiger partial charge in [-0.2, -0.15) is 0 Å². The van der Waals surface area contributed by atoms with Crippen LogP contribution in [0.4, 0.5) is 0 Å². The van der Waals surface area contributed by atoms with E-state index in [2.05, 4.69) is 40.3 Å². The van der Waals surface area contributed by atoms with Crippen molar-refractivity contribution in [1.82, 2.24) is 9.97 Å². The molecule has 0 aliphatic carbocycles. The SMILES string of the molecule is c1ccc(Cc2c[nH]c3ncccc23)cc1. The Bertz CT molecular complexity index is 596. The summed E-state index contributed by atoms with van der Waals surface area (Å²) in [6.45, 7) is 0. The van der Waals surface area contributed by atoms with Crippen LogP contribution in [-0.2, 0) is 6.42 Å². The second kappa shape index (κ2) is 3.81. The first-order valence-electron chi connectivity index (χ1n) is 5.38. The van der Waals surface area contributed by atoms with Gasteiger partial charge in [0.1, 0.15) is 5.65 Å². The Labute approximate surface area is 94.0 Å². The third-order valence-corrected chi connectivity index (χ3v) is 2.77. The van der Waals surface area contributed by atoms with Gasteiger partial charge in [0.15, 0.2) is 0 Å². The number of hydrogen-bond donors (Lipinski definition) is 1. The van der Waals surface area contributed by atoms with Gasteiger partial charge in [-0.1, -0.05) is 30.3 Å². The van der Waals surface area contributed by atoms with Crippen LogP contribution < -0.4 is 0 Å². The van der Waals surface area contributed by atoms with E-state index in [4.69, 9.17) is 0 Å². The van der Waals surface area contributed by atoms with Crippen molar-refractivity contribution in [3.63, 3.8) is 0 Å². The minimum atomic E-state index is 0.951. The van der Waals surface area contributed by atoms with E-state index in [1.807, 2.05) is 24.5 Å². The number of aromatic nitrogens is 2. The minimum Gasteiger partial charge on any atom is -0.346 e. The highest BCUT2D eigenvalue weighted by molar-refractivity contribution is 5.79. The molecule has 0 saturated carbocycles. The second-order valence-corrected chi connectivity index (χ2v) is 3.88. The third-order valence-electron chi connectivity index (χ3n) is 2.77. The fourth-order valence-corrected chi connectivity index (χ4v) is 1.97. The molecule has 0 spiro atoms. The molecule has 2 aromatic heterocycles. The molecule has 1 N–H and O–H groups in total. The molecule has 2 heteroatoms. The largest absolute Gasteiger partial charge is 0.346 e. The summed E-state index contributed by atoms with van der Waals surface area (Å²) >= 11 is 0. The lowest BCUT2D eigenvalue weighted by molar-refractivity contribution is 1.21. The van der Waals surface area contributed by atoms with Gasteiger partial charge in [-0.15, -0.1) is 0 Å². The van der Waals surface area contributed by atoms with Crippen molar-refractivity contribution in [2.45, 2.75) is 6.42 Å². The highest BCUT2D eigenvalue weighted by atomic mass is 14.8. The number of rotatable bonds is 2. The van der Waals surface area contributed by atoms with Gasteiger partial charge in [-0.05, 0) is 29.7 Å². The summed E-state index contributed by atoms with van der Waals surface area (Å²) in [4.78, 5) is 7.49. The Kier molecular flexibility index (Phi) is 2.18. The van der Waals surface area contributed by atoms with Crippen molar-refractivity contribution in [1.29, 1.82) is 0 Å². The maximum absolute atomic E-state index is 4.29. The molecule has 0 unspecified atom stereocenters. The summed E-state index contributed by atoms with van der Waals surface area (Å²) < 4.78 is 0. The summed E-state index contributed by atoms with van der Waals surface area (Å²) in [6.07, 6.45) is 4.81. The molecule has 0 amide bonds. The van der Waals surface area contributed by atoms with E-state index in [1.165, 1.54) is 16.5 Å². The Hall–Kier alpha value is -2.09. The number of H-pyrrole nitrogens is 1. The van der Waals surface area contributed by atoms with Gasteiger partial charge in [-0.25, -0.2) is 4.98 Å². The fourth-order valence-electron chi connectivity index (χ4n) is 1.97. The Morgan fingerprint density at radius 1 is 1.00 bits per heavy atom. The van der Waals surface area contributed by atoms with Crippen LogP contribution in [0.15, 0.2) is 54.9 Å². The topological polar surface area (TPSA) is 28.7 Å². The summed E-state index contributed by atoms with van der Waals surface area (Å²) in [6, 6.07) is 14.6. The third kappa shape index (κ3) is 1.58. The maximum Gasteiger partial charge on any atom is 0.137 e. The highest BCUT2D eigenvalue weighted by Crippen LogP contribution is 2.18. The minimum absolute atomic E-state index is 0.951. The van der Waals surface area contributed by atoms with Gasteiger partial charge in [0.2, 0.25) is 0 Å². The molecular formula is C14H12N2. The zero-order chi connectivity index (χ0) is 10.8. The summed E-state index contributed by atoms with van der Waals surface area (Å²) in [5, 5.41) is 1.21. The van der Waals surface area contributed by atoms with Gasteiger partial charge in [0, 0.05) is 17.8 Å². The summed E-state index contributed by atoms with van der Waals surface area (Å²) in [5.41, 5.74) is 3.59. The van der Waals surface area contributed by atoms with Crippen LogP contribution >= 0.6 is 0 Å². The molecule has 0 fully saturated rings. The Morgan fingerprint density at radius 2 is 1.88 bits per heavy atom. The van der Waals surface area contributed by atoms with Crippen LogP contribution in [0, 0.1) is 0 Å². The van der Waals surface area contributed by atoms with E-state index in [9.17, 15) is 0 Å². The quantitative estimate of drug-likeness (QED) is 0.688. The van der Waals surface area contributed by atoms with Crippen LogP contribution in [0.5, 0.6) is 0 Å². The average molecular weight is 208 g/mol. The first kappa shape index (κ1) is 9.16. The molecule has 0 aliphatic heterocycles. The molecular weight excluding hydrogens is 196 g/mol. The average Bonchev–Trinajstić information content (AvgIpc) is 2.74. The van der Waals surface area contributed by atoms with Gasteiger partial charge in [-0.3, -0.25) is 0 Å². The van der Waals surface area contributed by atoms with Crippen LogP contribution in [-0.4, -0.2) is 9.97 Å². The normalized spacial score (nSPS) is 10.8. The van der Waals surface area contributed by atoms with Crippen molar-refractivity contribution in [2.75, 3.05) is 0 Å². The number of nitrogens with one attached hydrogen (secondary N) is 1. The monoisotopic (exact) mass is 208 g/mol. The molecule has 78 valence electrons. The number of fused-ring (bicyclic) bond motifs is 1. The Morgan fingerprint density at radius 3 is 2.75 bits per heavy atom. The number of benzene rings is 1. The van der Waals surface area contributed by atoms with Crippen molar-refractivity contribution in [3.8, 4) is 0 Å². The van der Waals surface area contributed by atoms with E-state index in [1.54, 1.807) is 0 Å². The van der Waals surface area contributed by atoms with Crippen LogP contribution in [0.1, 0.15) is 11.1 Å². The molecule has 3 rings (SSSR count). The van der Waals surface area contributed by atoms with E-state index in [-0.39, 0.29) is 0 Å². The van der Waals surface area contributed by atoms with E-state index in [0.29, 0.717) is 0 Å². The number of pyridine rings is 1. The van der Waals surface area contributed by atoms with Crippen molar-refractivity contribution in [3.05, 3.63) is 66.0 Å². The standard InChI is InChI=1S/C14H12N2/c1-2-5-11(6-3-1)9-12-10-16-14-13(12)7-4-8-15-14/h1-8,10H,9H2,(H,15,16). The lowest BCUT2D eigenvalue weighted by Gasteiger charge is -1.99. The van der Waals surface area contributed by atoms with Crippen LogP contribution in [0.2, 0.25) is 0 Å². The molecule has 2 heterocycles. The number of aromatic amines is 1. The molecule has 0 radical (unpaired) electrons. The van der Waals surface area contributed by atoms with Crippen molar-refractivity contribution >= 4 is 11.0 Å². The molecule has 0 bridgehead atoms. The van der Waals surface area contributed by atoms with Crippen LogP contribution in [0.25, 0.3) is 11.0 Å². The molecule has 2 nitrogen and oxygen atoms in total. The molecule has 0 atom stereocenters. The summed E-state index contributed by atoms with van der Waals surface area (Å²) in [7, 11) is 0. The molecule has 0 aliphatic rings. The first-order chi connectivity index (χ1) is 7.93. The second-order valence-electron chi connectivity index (χ2n) is 3.88. The molecule has 3 aromatic rings. The Balaban J connectivity index is 2.01. The van der Waals surface area contributed by atoms with Crippen LogP contribution in [0.3, 0.4) is 0 Å². The molecule has 16 heavy (non-hydrogen) atoms. The van der Waals surface area contributed by atoms with Gasteiger partial charge in [0.25, 0.3) is 0 Å². The van der Waals surface area contributed by atoms with Gasteiger partial charge < -0.3 is 4.98 Å². The number of nitrogens with zero attached hydrogens (tertiary/aromatic N) is 1. The van der Waals surface area contributed by atoms with Crippen molar-refractivity contribution in [2.24, 2.45) is 0 Å². The first-order valence-corrected chi connectivity index (χ1v) is 5.38. The maximum atomic E-state index is 4.29. The zero-order valence-electron chi connectivity index (χ0n) is 8.85. The lowest BCUT2D eigenvalue weighted by atomic mass is 10.1. The zero-order valence-corrected chi connectivity index (χ0v) is 8.85. The predicted molar refractivity (Wildman–Crippen MR) is 65.3 cm³/mol. The smallest absolute Gasteiger partial charge is 0.137 e. The van der Waals surface area contributed by atoms with E-state index < -0.39 is 0 Å². The van der Waals surface area contributed by atoms with E-state index >= 15 is 0 Å². The van der Waals surface area contributed by atoms with E-state index in [0.717, 1.165) is 12.1 Å². The molecule has 1 aromatic carbocycles. The highest BCUT2D eigenvalue weighted by Gasteiger charge is 2.03. The van der Waals surface area contributed by atoms with Gasteiger partial charge >= 0.3 is 0 Å². The lowest BCUT2D eigenvalue weighted by Crippen LogP contribution is -1.85. The van der Waals surface area contributed by atoms with Gasteiger partial charge in [0.05, 0.1) is 0 Å². The fraction of sp³-hybridized carbons (Fsp3) is 0.0714. The summed E-state index contributed by atoms with van der Waals surface area (Å²) in [5.74, 6) is 0. The predicted octanol–water partition coefficient (Wildman–Crippen LogP) is 3.15. The van der Waals surface area contributed by atoms with Crippen molar-refractivity contribution < 1.29 is 0 Å².